The number of piperidine rings is 1. The van der Waals surface area contributed by atoms with Crippen LogP contribution in [0.15, 0.2) is 33.7 Å². The second kappa shape index (κ2) is 6.17. The van der Waals surface area contributed by atoms with Gasteiger partial charge in [0.05, 0.1) is 18.1 Å². The maximum atomic E-state index is 13.0. The van der Waals surface area contributed by atoms with E-state index in [2.05, 4.69) is 10.1 Å². The lowest BCUT2D eigenvalue weighted by Crippen LogP contribution is -2.47. The van der Waals surface area contributed by atoms with Crippen LogP contribution in [0, 0.1) is 6.92 Å². The Hall–Kier alpha value is -1.81. The van der Waals surface area contributed by atoms with Crippen LogP contribution in [0.3, 0.4) is 0 Å². The van der Waals surface area contributed by atoms with Gasteiger partial charge in [-0.05, 0) is 12.1 Å². The number of aryl methyl sites for hydroxylation is 1. The molecule has 134 valence electrons. The molecular weight excluding hydrogens is 346 g/mol. The summed E-state index contributed by atoms with van der Waals surface area (Å²) in [5.74, 6) is 0.205. The van der Waals surface area contributed by atoms with E-state index in [1.807, 2.05) is 0 Å². The van der Waals surface area contributed by atoms with Crippen molar-refractivity contribution >= 4 is 10.0 Å². The highest BCUT2D eigenvalue weighted by Crippen LogP contribution is 2.33. The summed E-state index contributed by atoms with van der Waals surface area (Å²) < 4.78 is 43.7. The molecule has 0 atom stereocenters. The first-order valence-electron chi connectivity index (χ1n) is 8.17. The molecule has 1 aromatic heterocycles. The van der Waals surface area contributed by atoms with Gasteiger partial charge in [-0.1, -0.05) is 17.3 Å². The third kappa shape index (κ3) is 3.08. The fraction of sp³-hybridized carbons (Fsp3) is 0.500. The molecule has 4 rings (SSSR count). The molecule has 0 N–H and O–H groups in total. The van der Waals surface area contributed by atoms with Crippen molar-refractivity contribution in [2.45, 2.75) is 30.4 Å². The minimum atomic E-state index is -3.60. The van der Waals surface area contributed by atoms with Crippen molar-refractivity contribution in [2.24, 2.45) is 0 Å². The molecular formula is C16H19N3O5S. The molecule has 0 amide bonds. The Morgan fingerprint density at radius 3 is 2.52 bits per heavy atom. The van der Waals surface area contributed by atoms with Crippen molar-refractivity contribution in [3.8, 4) is 11.4 Å². The lowest BCUT2D eigenvalue weighted by Gasteiger charge is -2.36. The van der Waals surface area contributed by atoms with Crippen LogP contribution in [-0.2, 0) is 19.5 Å². The van der Waals surface area contributed by atoms with Crippen molar-refractivity contribution in [3.63, 3.8) is 0 Å². The van der Waals surface area contributed by atoms with Gasteiger partial charge in [-0.2, -0.15) is 9.29 Å². The summed E-state index contributed by atoms with van der Waals surface area (Å²) in [7, 11) is -3.60. The van der Waals surface area contributed by atoms with Crippen LogP contribution in [0.1, 0.15) is 18.7 Å². The first kappa shape index (κ1) is 16.6. The summed E-state index contributed by atoms with van der Waals surface area (Å²) in [5, 5.41) is 3.84. The van der Waals surface area contributed by atoms with Gasteiger partial charge in [-0.15, -0.1) is 0 Å². The third-order valence-corrected chi connectivity index (χ3v) is 6.45. The number of rotatable bonds is 3. The molecule has 2 fully saturated rings. The minimum absolute atomic E-state index is 0.219. The van der Waals surface area contributed by atoms with Crippen LogP contribution in [0.5, 0.6) is 0 Å². The minimum Gasteiger partial charge on any atom is -0.347 e. The van der Waals surface area contributed by atoms with Gasteiger partial charge in [0, 0.05) is 38.4 Å². The maximum Gasteiger partial charge on any atom is 0.243 e. The van der Waals surface area contributed by atoms with Crippen LogP contribution in [-0.4, -0.2) is 55.0 Å². The van der Waals surface area contributed by atoms with E-state index in [0.29, 0.717) is 56.4 Å². The van der Waals surface area contributed by atoms with Crippen molar-refractivity contribution in [1.29, 1.82) is 0 Å². The van der Waals surface area contributed by atoms with E-state index in [1.54, 1.807) is 31.2 Å². The molecule has 3 heterocycles. The van der Waals surface area contributed by atoms with E-state index >= 15 is 0 Å². The molecule has 0 radical (unpaired) electrons. The highest BCUT2D eigenvalue weighted by atomic mass is 32.2. The summed E-state index contributed by atoms with van der Waals surface area (Å²) in [6.45, 7) is 3.56. The van der Waals surface area contributed by atoms with Gasteiger partial charge in [0.2, 0.25) is 21.7 Å². The van der Waals surface area contributed by atoms with Crippen LogP contribution in [0.4, 0.5) is 0 Å². The van der Waals surface area contributed by atoms with Crippen LogP contribution < -0.4 is 0 Å². The molecule has 8 nitrogen and oxygen atoms in total. The first-order chi connectivity index (χ1) is 12.0. The summed E-state index contributed by atoms with van der Waals surface area (Å²) in [4.78, 5) is 4.36. The first-order valence-corrected chi connectivity index (χ1v) is 9.61. The zero-order valence-electron chi connectivity index (χ0n) is 13.8. The second-order valence-corrected chi connectivity index (χ2v) is 8.11. The number of ether oxygens (including phenoxy) is 2. The Balaban J connectivity index is 1.56. The molecule has 9 heteroatoms. The normalized spacial score (nSPS) is 21.0. The van der Waals surface area contributed by atoms with E-state index in [0.717, 1.165) is 0 Å². The van der Waals surface area contributed by atoms with Gasteiger partial charge in [-0.25, -0.2) is 8.42 Å². The lowest BCUT2D eigenvalue weighted by atomic mass is 10.1. The average Bonchev–Trinajstić information content (AvgIpc) is 3.25. The van der Waals surface area contributed by atoms with E-state index < -0.39 is 15.8 Å². The number of nitrogens with zero attached hydrogens (tertiary/aromatic N) is 3. The molecule has 1 aromatic carbocycles. The molecule has 0 bridgehead atoms. The quantitative estimate of drug-likeness (QED) is 0.815. The van der Waals surface area contributed by atoms with E-state index in [4.69, 9.17) is 14.0 Å². The SMILES string of the molecule is Cc1nc(-c2cccc(S(=O)(=O)N3CCC4(CC3)OCCO4)c2)no1. The Bertz CT molecular complexity index is 863. The molecule has 0 saturated carbocycles. The molecule has 0 unspecified atom stereocenters. The van der Waals surface area contributed by atoms with Crippen molar-refractivity contribution in [3.05, 3.63) is 30.2 Å². The number of hydrogen-bond acceptors (Lipinski definition) is 7. The van der Waals surface area contributed by atoms with Gasteiger partial charge < -0.3 is 14.0 Å². The smallest absolute Gasteiger partial charge is 0.243 e. The summed E-state index contributed by atoms with van der Waals surface area (Å²) in [6, 6.07) is 6.60. The van der Waals surface area contributed by atoms with Gasteiger partial charge >= 0.3 is 0 Å². The van der Waals surface area contributed by atoms with E-state index in [9.17, 15) is 8.42 Å². The number of aromatic nitrogens is 2. The number of sulfonamides is 1. The Kier molecular flexibility index (Phi) is 4.11. The topological polar surface area (TPSA) is 94.8 Å². The molecule has 2 aliphatic rings. The van der Waals surface area contributed by atoms with Gasteiger partial charge in [-0.3, -0.25) is 0 Å². The summed E-state index contributed by atoms with van der Waals surface area (Å²) in [6.07, 6.45) is 1.08. The molecule has 2 aliphatic heterocycles. The number of hydrogen-bond donors (Lipinski definition) is 0. The van der Waals surface area contributed by atoms with Crippen LogP contribution in [0.25, 0.3) is 11.4 Å². The summed E-state index contributed by atoms with van der Waals surface area (Å²) in [5.41, 5.74) is 0.605. The summed E-state index contributed by atoms with van der Waals surface area (Å²) >= 11 is 0. The fourth-order valence-electron chi connectivity index (χ4n) is 3.21. The van der Waals surface area contributed by atoms with Gasteiger partial charge in [0.25, 0.3) is 0 Å². The predicted octanol–water partition coefficient (Wildman–Crippen LogP) is 1.57. The molecule has 2 saturated heterocycles. The van der Waals surface area contributed by atoms with Crippen molar-refractivity contribution < 1.29 is 22.4 Å². The average molecular weight is 365 g/mol. The van der Waals surface area contributed by atoms with Crippen LogP contribution in [0.2, 0.25) is 0 Å². The lowest BCUT2D eigenvalue weighted by molar-refractivity contribution is -0.179. The second-order valence-electron chi connectivity index (χ2n) is 6.18. The van der Waals surface area contributed by atoms with E-state index in [-0.39, 0.29) is 4.90 Å². The predicted molar refractivity (Wildman–Crippen MR) is 87.1 cm³/mol. The highest BCUT2D eigenvalue weighted by molar-refractivity contribution is 7.89. The number of benzene rings is 1. The molecule has 2 aromatic rings. The Morgan fingerprint density at radius 1 is 1.16 bits per heavy atom. The largest absolute Gasteiger partial charge is 0.347 e. The van der Waals surface area contributed by atoms with Gasteiger partial charge in [0.1, 0.15) is 0 Å². The zero-order valence-corrected chi connectivity index (χ0v) is 14.7. The zero-order chi connectivity index (χ0) is 17.5. The van der Waals surface area contributed by atoms with E-state index in [1.165, 1.54) is 4.31 Å². The Labute approximate surface area is 145 Å². The monoisotopic (exact) mass is 365 g/mol. The highest BCUT2D eigenvalue weighted by Gasteiger charge is 2.42. The molecule has 0 aliphatic carbocycles. The molecule has 1 spiro atoms. The van der Waals surface area contributed by atoms with Crippen LogP contribution >= 0.6 is 0 Å². The van der Waals surface area contributed by atoms with Gasteiger partial charge in [0.15, 0.2) is 5.79 Å². The fourth-order valence-corrected chi connectivity index (χ4v) is 4.70. The third-order valence-electron chi connectivity index (χ3n) is 4.56. The van der Waals surface area contributed by atoms with Crippen molar-refractivity contribution in [1.82, 2.24) is 14.4 Å². The Morgan fingerprint density at radius 2 is 1.88 bits per heavy atom. The molecule has 25 heavy (non-hydrogen) atoms. The standard InChI is InChI=1S/C16H19N3O5S/c1-12-17-15(18-24-12)13-3-2-4-14(11-13)25(20,21)19-7-5-16(6-8-19)22-9-10-23-16/h2-4,11H,5-10H2,1H3. The maximum absolute atomic E-state index is 13.0. The van der Waals surface area contributed by atoms with Crippen molar-refractivity contribution in [2.75, 3.05) is 26.3 Å².